The van der Waals surface area contributed by atoms with Crippen molar-refractivity contribution in [3.63, 3.8) is 0 Å². The molecule has 1 aromatic carbocycles. The Labute approximate surface area is 118 Å². The van der Waals surface area contributed by atoms with Gasteiger partial charge in [-0.25, -0.2) is 0 Å². The summed E-state index contributed by atoms with van der Waals surface area (Å²) in [5.74, 6) is 0.418. The van der Waals surface area contributed by atoms with Gasteiger partial charge in [0.2, 0.25) is 5.91 Å². The van der Waals surface area contributed by atoms with Crippen LogP contribution in [0.4, 0.5) is 0 Å². The van der Waals surface area contributed by atoms with Crippen molar-refractivity contribution < 1.29 is 14.3 Å². The molecule has 2 amide bonds. The molecule has 0 saturated heterocycles. The summed E-state index contributed by atoms with van der Waals surface area (Å²) in [6.45, 7) is 1.45. The molecule has 6 nitrogen and oxygen atoms in total. The molecule has 0 saturated carbocycles. The molecule has 0 aliphatic heterocycles. The number of hydrogen-bond acceptors (Lipinski definition) is 4. The van der Waals surface area contributed by atoms with Crippen LogP contribution < -0.4 is 20.7 Å². The average Bonchev–Trinajstić information content (AvgIpc) is 2.49. The van der Waals surface area contributed by atoms with Crippen LogP contribution in [-0.4, -0.2) is 45.6 Å². The maximum absolute atomic E-state index is 11.8. The second-order valence-electron chi connectivity index (χ2n) is 4.19. The normalized spacial score (nSPS) is 9.90. The summed E-state index contributed by atoms with van der Waals surface area (Å²) in [7, 11) is 3.35. The van der Waals surface area contributed by atoms with Crippen molar-refractivity contribution in [2.75, 3.05) is 33.8 Å². The van der Waals surface area contributed by atoms with Crippen LogP contribution in [0.5, 0.6) is 5.75 Å². The number of ether oxygens (including phenoxy) is 1. The van der Waals surface area contributed by atoms with Crippen LogP contribution in [0.3, 0.4) is 0 Å². The topological polar surface area (TPSA) is 79.5 Å². The molecule has 20 heavy (non-hydrogen) atoms. The summed E-state index contributed by atoms with van der Waals surface area (Å²) in [6, 6.07) is 6.91. The Balaban J connectivity index is 2.27. The Morgan fingerprint density at radius 1 is 1.15 bits per heavy atom. The lowest BCUT2D eigenvalue weighted by Gasteiger charge is -2.08. The fourth-order valence-electron chi connectivity index (χ4n) is 1.57. The highest BCUT2D eigenvalue weighted by atomic mass is 16.5. The second kappa shape index (κ2) is 8.92. The molecule has 1 rings (SSSR count). The largest absolute Gasteiger partial charge is 0.497 e. The summed E-state index contributed by atoms with van der Waals surface area (Å²) >= 11 is 0. The second-order valence-corrected chi connectivity index (χ2v) is 4.19. The van der Waals surface area contributed by atoms with Crippen molar-refractivity contribution >= 4 is 11.8 Å². The quantitative estimate of drug-likeness (QED) is 0.592. The van der Waals surface area contributed by atoms with E-state index in [2.05, 4.69) is 16.0 Å². The average molecular weight is 279 g/mol. The molecule has 0 heterocycles. The number of carbonyl (C=O) groups is 2. The molecule has 0 aromatic heterocycles. The van der Waals surface area contributed by atoms with Gasteiger partial charge in [-0.15, -0.1) is 0 Å². The molecule has 0 spiro atoms. The van der Waals surface area contributed by atoms with E-state index in [-0.39, 0.29) is 11.8 Å². The summed E-state index contributed by atoms with van der Waals surface area (Å²) in [5, 5.41) is 8.36. The van der Waals surface area contributed by atoms with Gasteiger partial charge in [-0.3, -0.25) is 9.59 Å². The fourth-order valence-corrected chi connectivity index (χ4v) is 1.57. The lowest BCUT2D eigenvalue weighted by molar-refractivity contribution is -0.120. The minimum atomic E-state index is -0.187. The third-order valence-corrected chi connectivity index (χ3v) is 2.67. The molecule has 0 fully saturated rings. The Kier molecular flexibility index (Phi) is 7.13. The SMILES string of the molecule is CNCCC(=O)NCCNC(=O)c1cccc(OC)c1. The molecule has 1 aromatic rings. The van der Waals surface area contributed by atoms with Crippen LogP contribution in [0.1, 0.15) is 16.8 Å². The molecule has 110 valence electrons. The first-order valence-corrected chi connectivity index (χ1v) is 6.51. The van der Waals surface area contributed by atoms with Crippen molar-refractivity contribution in [1.29, 1.82) is 0 Å². The molecule has 0 radical (unpaired) electrons. The number of methoxy groups -OCH3 is 1. The molecule has 0 bridgehead atoms. The van der Waals surface area contributed by atoms with Crippen LogP contribution in [0, 0.1) is 0 Å². The third kappa shape index (κ3) is 5.71. The van der Waals surface area contributed by atoms with E-state index in [0.717, 1.165) is 0 Å². The third-order valence-electron chi connectivity index (χ3n) is 2.67. The lowest BCUT2D eigenvalue weighted by Crippen LogP contribution is -2.35. The minimum Gasteiger partial charge on any atom is -0.497 e. The van der Waals surface area contributed by atoms with Gasteiger partial charge in [-0.05, 0) is 25.2 Å². The van der Waals surface area contributed by atoms with E-state index in [1.807, 2.05) is 0 Å². The van der Waals surface area contributed by atoms with E-state index in [1.165, 1.54) is 0 Å². The highest BCUT2D eigenvalue weighted by molar-refractivity contribution is 5.94. The van der Waals surface area contributed by atoms with Crippen LogP contribution >= 0.6 is 0 Å². The predicted molar refractivity (Wildman–Crippen MR) is 76.9 cm³/mol. The maximum atomic E-state index is 11.8. The first-order valence-electron chi connectivity index (χ1n) is 6.51. The van der Waals surface area contributed by atoms with Crippen molar-refractivity contribution in [3.8, 4) is 5.75 Å². The Morgan fingerprint density at radius 3 is 2.60 bits per heavy atom. The first-order chi connectivity index (χ1) is 9.67. The molecule has 3 N–H and O–H groups in total. The van der Waals surface area contributed by atoms with Gasteiger partial charge < -0.3 is 20.7 Å². The molecule has 0 aliphatic rings. The van der Waals surface area contributed by atoms with Crippen molar-refractivity contribution in [2.45, 2.75) is 6.42 Å². The van der Waals surface area contributed by atoms with Crippen LogP contribution in [0.25, 0.3) is 0 Å². The zero-order valence-corrected chi connectivity index (χ0v) is 11.9. The molecule has 0 unspecified atom stereocenters. The van der Waals surface area contributed by atoms with E-state index in [4.69, 9.17) is 4.74 Å². The predicted octanol–water partition coefficient (Wildman–Crippen LogP) is 0.151. The van der Waals surface area contributed by atoms with E-state index in [0.29, 0.717) is 37.4 Å². The smallest absolute Gasteiger partial charge is 0.251 e. The van der Waals surface area contributed by atoms with Gasteiger partial charge in [0.15, 0.2) is 0 Å². The van der Waals surface area contributed by atoms with Crippen molar-refractivity contribution in [2.24, 2.45) is 0 Å². The lowest BCUT2D eigenvalue weighted by atomic mass is 10.2. The molecular weight excluding hydrogens is 258 g/mol. The van der Waals surface area contributed by atoms with Gasteiger partial charge in [0.05, 0.1) is 7.11 Å². The first kappa shape index (κ1) is 16.0. The van der Waals surface area contributed by atoms with Gasteiger partial charge in [0.1, 0.15) is 5.75 Å². The molecule has 0 aliphatic carbocycles. The van der Waals surface area contributed by atoms with Crippen LogP contribution in [-0.2, 0) is 4.79 Å². The van der Waals surface area contributed by atoms with Gasteiger partial charge in [-0.2, -0.15) is 0 Å². The van der Waals surface area contributed by atoms with Gasteiger partial charge >= 0.3 is 0 Å². The number of benzene rings is 1. The molecule has 6 heteroatoms. The number of amides is 2. The molecular formula is C14H21N3O3. The van der Waals surface area contributed by atoms with E-state index >= 15 is 0 Å². The summed E-state index contributed by atoms with van der Waals surface area (Å²) < 4.78 is 5.06. The monoisotopic (exact) mass is 279 g/mol. The maximum Gasteiger partial charge on any atom is 0.251 e. The van der Waals surface area contributed by atoms with E-state index in [9.17, 15) is 9.59 Å². The fraction of sp³-hybridized carbons (Fsp3) is 0.429. The number of carbonyl (C=O) groups excluding carboxylic acids is 2. The Morgan fingerprint density at radius 2 is 1.90 bits per heavy atom. The Bertz CT molecular complexity index is 449. The minimum absolute atomic E-state index is 0.0324. The highest BCUT2D eigenvalue weighted by Crippen LogP contribution is 2.11. The zero-order chi connectivity index (χ0) is 14.8. The highest BCUT2D eigenvalue weighted by Gasteiger charge is 2.06. The zero-order valence-electron chi connectivity index (χ0n) is 11.9. The number of hydrogen-bond donors (Lipinski definition) is 3. The van der Waals surface area contributed by atoms with Crippen LogP contribution in [0.2, 0.25) is 0 Å². The van der Waals surface area contributed by atoms with Crippen molar-refractivity contribution in [1.82, 2.24) is 16.0 Å². The summed E-state index contributed by atoms with van der Waals surface area (Å²) in [6.07, 6.45) is 0.431. The van der Waals surface area contributed by atoms with E-state index < -0.39 is 0 Å². The van der Waals surface area contributed by atoms with Gasteiger partial charge in [-0.1, -0.05) is 6.07 Å². The van der Waals surface area contributed by atoms with Crippen molar-refractivity contribution in [3.05, 3.63) is 29.8 Å². The van der Waals surface area contributed by atoms with Crippen LogP contribution in [0.15, 0.2) is 24.3 Å². The van der Waals surface area contributed by atoms with Gasteiger partial charge in [0.25, 0.3) is 5.91 Å². The number of nitrogens with one attached hydrogen (secondary N) is 3. The van der Waals surface area contributed by atoms with Gasteiger partial charge in [0, 0.05) is 31.6 Å². The standard InChI is InChI=1S/C14H21N3O3/c1-15-7-6-13(18)16-8-9-17-14(19)11-4-3-5-12(10-11)20-2/h3-5,10,15H,6-9H2,1-2H3,(H,16,18)(H,17,19). The summed E-state index contributed by atoms with van der Waals surface area (Å²) in [5.41, 5.74) is 0.533. The van der Waals surface area contributed by atoms with E-state index in [1.54, 1.807) is 38.4 Å². The number of rotatable bonds is 8. The Hall–Kier alpha value is -2.08. The summed E-state index contributed by atoms with van der Waals surface area (Å²) in [4.78, 5) is 23.2. The molecule has 0 atom stereocenters.